The molecule has 0 aromatic carbocycles. The van der Waals surface area contributed by atoms with Crippen molar-refractivity contribution in [2.24, 2.45) is 5.73 Å². The van der Waals surface area contributed by atoms with Gasteiger partial charge in [-0.05, 0) is 12.8 Å². The van der Waals surface area contributed by atoms with Crippen LogP contribution in [0.5, 0.6) is 0 Å². The third-order valence-corrected chi connectivity index (χ3v) is 4.36. The summed E-state index contributed by atoms with van der Waals surface area (Å²) >= 11 is 0. The molecule has 0 aliphatic carbocycles. The Morgan fingerprint density at radius 3 is 2.43 bits per heavy atom. The molecule has 86 valence electrons. The van der Waals surface area contributed by atoms with E-state index >= 15 is 0 Å². The second-order valence-electron chi connectivity index (χ2n) is 3.15. The highest BCUT2D eigenvalue weighted by atomic mass is 32.2. The first-order valence-corrected chi connectivity index (χ1v) is 7.70. The Balaban J connectivity index is 3.72. The summed E-state index contributed by atoms with van der Waals surface area (Å²) in [6, 6.07) is 0. The first-order valence-electron chi connectivity index (χ1n) is 4.53. The number of unbranched alkanes of at least 4 members (excludes halogenated alkanes) is 1. The van der Waals surface area contributed by atoms with Gasteiger partial charge in [-0.15, -0.1) is 0 Å². The molecular weight excluding hydrogens is 225 g/mol. The molecule has 0 fully saturated rings. The van der Waals surface area contributed by atoms with Gasteiger partial charge in [-0.25, -0.2) is 0 Å². The lowest BCUT2D eigenvalue weighted by Crippen LogP contribution is -2.22. The lowest BCUT2D eigenvalue weighted by molar-refractivity contribution is 0.357. The van der Waals surface area contributed by atoms with Crippen molar-refractivity contribution in [3.63, 3.8) is 0 Å². The highest BCUT2D eigenvalue weighted by Gasteiger charge is 2.24. The SMILES string of the molecule is CCCC[S@@](=O)CC[C@H](N)P(=O)(O)O. The molecule has 0 saturated carbocycles. The Labute approximate surface area is 86.7 Å². The minimum absolute atomic E-state index is 0.112. The summed E-state index contributed by atoms with van der Waals surface area (Å²) in [7, 11) is -5.19. The fourth-order valence-corrected chi connectivity index (χ4v) is 2.80. The highest BCUT2D eigenvalue weighted by Crippen LogP contribution is 2.39. The number of rotatable bonds is 7. The van der Waals surface area contributed by atoms with Crippen LogP contribution >= 0.6 is 7.60 Å². The molecular formula is C7H18NO4PS. The number of hydrogen-bond acceptors (Lipinski definition) is 3. The summed E-state index contributed by atoms with van der Waals surface area (Å²) in [4.78, 5) is 17.3. The number of hydrogen-bond donors (Lipinski definition) is 3. The van der Waals surface area contributed by atoms with Gasteiger partial charge in [-0.2, -0.15) is 0 Å². The molecule has 0 amide bonds. The van der Waals surface area contributed by atoms with Crippen LogP contribution in [0.1, 0.15) is 26.2 Å². The topological polar surface area (TPSA) is 101 Å². The van der Waals surface area contributed by atoms with E-state index in [1.807, 2.05) is 6.92 Å². The monoisotopic (exact) mass is 243 g/mol. The van der Waals surface area contributed by atoms with E-state index < -0.39 is 24.2 Å². The predicted octanol–water partition coefficient (Wildman–Crippen LogP) is 0.388. The maximum absolute atomic E-state index is 11.2. The van der Waals surface area contributed by atoms with Gasteiger partial charge in [0.05, 0.1) is 0 Å². The molecule has 0 aliphatic rings. The maximum Gasteiger partial charge on any atom is 0.342 e. The molecule has 0 heterocycles. The van der Waals surface area contributed by atoms with Gasteiger partial charge in [-0.3, -0.25) is 8.77 Å². The molecule has 4 N–H and O–H groups in total. The molecule has 14 heavy (non-hydrogen) atoms. The molecule has 7 heteroatoms. The van der Waals surface area contributed by atoms with E-state index in [9.17, 15) is 8.77 Å². The van der Waals surface area contributed by atoms with Crippen molar-refractivity contribution in [3.8, 4) is 0 Å². The summed E-state index contributed by atoms with van der Waals surface area (Å²) < 4.78 is 21.9. The van der Waals surface area contributed by atoms with Crippen molar-refractivity contribution in [1.29, 1.82) is 0 Å². The van der Waals surface area contributed by atoms with Crippen molar-refractivity contribution in [2.45, 2.75) is 32.0 Å². The molecule has 0 aromatic rings. The Kier molecular flexibility index (Phi) is 6.81. The Morgan fingerprint density at radius 1 is 1.43 bits per heavy atom. The standard InChI is InChI=1S/C7H18NO4PS/c1-2-3-5-14(12)6-4-7(8)13(9,10)11/h7H,2-6,8H2,1H3,(H2,9,10,11)/t7-,14-/m1/s1. The lowest BCUT2D eigenvalue weighted by Gasteiger charge is -2.12. The number of nitrogens with two attached hydrogens (primary N) is 1. The first kappa shape index (κ1) is 14.3. The molecule has 5 nitrogen and oxygen atoms in total. The zero-order valence-corrected chi connectivity index (χ0v) is 9.97. The normalized spacial score (nSPS) is 16.6. The largest absolute Gasteiger partial charge is 0.342 e. The van der Waals surface area contributed by atoms with Gasteiger partial charge in [0.25, 0.3) is 0 Å². The fourth-order valence-electron chi connectivity index (χ4n) is 0.828. The van der Waals surface area contributed by atoms with Crippen LogP contribution in [-0.2, 0) is 15.4 Å². The molecule has 0 saturated heterocycles. The van der Waals surface area contributed by atoms with E-state index in [-0.39, 0.29) is 12.2 Å². The molecule has 0 rings (SSSR count). The van der Waals surface area contributed by atoms with Gasteiger partial charge in [-0.1, -0.05) is 13.3 Å². The minimum atomic E-state index is -4.20. The molecule has 0 radical (unpaired) electrons. The zero-order valence-electron chi connectivity index (χ0n) is 8.26. The molecule has 0 unspecified atom stereocenters. The predicted molar refractivity (Wildman–Crippen MR) is 57.4 cm³/mol. The second kappa shape index (κ2) is 6.69. The summed E-state index contributed by atoms with van der Waals surface area (Å²) in [5, 5.41) is 0. The minimum Gasteiger partial charge on any atom is -0.323 e. The van der Waals surface area contributed by atoms with Gasteiger partial charge >= 0.3 is 7.60 Å². The summed E-state index contributed by atoms with van der Waals surface area (Å²) in [6.45, 7) is 2.00. The van der Waals surface area contributed by atoms with Crippen molar-refractivity contribution >= 4 is 18.4 Å². The van der Waals surface area contributed by atoms with E-state index in [2.05, 4.69) is 0 Å². The van der Waals surface area contributed by atoms with Crippen LogP contribution in [-0.4, -0.2) is 31.3 Å². The van der Waals surface area contributed by atoms with Crippen molar-refractivity contribution in [3.05, 3.63) is 0 Å². The van der Waals surface area contributed by atoms with Crippen molar-refractivity contribution in [1.82, 2.24) is 0 Å². The van der Waals surface area contributed by atoms with Crippen LogP contribution in [0.15, 0.2) is 0 Å². The quantitative estimate of drug-likeness (QED) is 0.561. The Hall–Kier alpha value is 0.260. The summed E-state index contributed by atoms with van der Waals surface area (Å²) in [5.41, 5.74) is 5.23. The van der Waals surface area contributed by atoms with E-state index in [1.54, 1.807) is 0 Å². The third-order valence-electron chi connectivity index (χ3n) is 1.80. The van der Waals surface area contributed by atoms with E-state index in [0.29, 0.717) is 5.75 Å². The van der Waals surface area contributed by atoms with Crippen LogP contribution in [0.25, 0.3) is 0 Å². The summed E-state index contributed by atoms with van der Waals surface area (Å²) in [6.07, 6.45) is 1.95. The third kappa shape index (κ3) is 6.68. The average molecular weight is 243 g/mol. The van der Waals surface area contributed by atoms with E-state index in [1.165, 1.54) is 0 Å². The van der Waals surface area contributed by atoms with Gasteiger partial charge < -0.3 is 15.5 Å². The lowest BCUT2D eigenvalue weighted by atomic mass is 10.4. The van der Waals surface area contributed by atoms with Crippen LogP contribution in [0.4, 0.5) is 0 Å². The average Bonchev–Trinajstić information content (AvgIpc) is 2.09. The Morgan fingerprint density at radius 2 is 2.00 bits per heavy atom. The Bertz CT molecular complexity index is 230. The molecule has 2 atom stereocenters. The van der Waals surface area contributed by atoms with Gasteiger partial charge in [0.15, 0.2) is 0 Å². The van der Waals surface area contributed by atoms with Crippen molar-refractivity contribution < 1.29 is 18.6 Å². The first-order chi connectivity index (χ1) is 6.38. The molecule has 0 spiro atoms. The van der Waals surface area contributed by atoms with Crippen LogP contribution in [0.3, 0.4) is 0 Å². The smallest absolute Gasteiger partial charge is 0.323 e. The van der Waals surface area contributed by atoms with E-state index in [4.69, 9.17) is 15.5 Å². The molecule has 0 bridgehead atoms. The maximum atomic E-state index is 11.2. The molecule has 0 aromatic heterocycles. The molecule has 0 aliphatic heterocycles. The van der Waals surface area contributed by atoms with Crippen LogP contribution in [0, 0.1) is 0 Å². The second-order valence-corrected chi connectivity index (χ2v) is 6.68. The van der Waals surface area contributed by atoms with Gasteiger partial charge in [0.2, 0.25) is 0 Å². The van der Waals surface area contributed by atoms with Gasteiger partial charge in [0, 0.05) is 22.3 Å². The van der Waals surface area contributed by atoms with E-state index in [0.717, 1.165) is 12.8 Å². The summed E-state index contributed by atoms with van der Waals surface area (Å²) in [5.74, 6) is -0.315. The van der Waals surface area contributed by atoms with Crippen LogP contribution < -0.4 is 5.73 Å². The highest BCUT2D eigenvalue weighted by molar-refractivity contribution is 7.84. The van der Waals surface area contributed by atoms with Crippen LogP contribution in [0.2, 0.25) is 0 Å². The van der Waals surface area contributed by atoms with Crippen molar-refractivity contribution in [2.75, 3.05) is 11.5 Å². The van der Waals surface area contributed by atoms with Gasteiger partial charge in [0.1, 0.15) is 5.78 Å². The fraction of sp³-hybridized carbons (Fsp3) is 1.00. The zero-order chi connectivity index (χ0) is 11.2.